The molecule has 0 aliphatic heterocycles. The number of halogens is 1. The Bertz CT molecular complexity index is 225. The van der Waals surface area contributed by atoms with Gasteiger partial charge in [0, 0.05) is 6.54 Å². The van der Waals surface area contributed by atoms with Crippen LogP contribution in [0.2, 0.25) is 0 Å². The summed E-state index contributed by atoms with van der Waals surface area (Å²) in [5.41, 5.74) is 2.89. The van der Waals surface area contributed by atoms with Crippen LogP contribution in [0.4, 0.5) is 15.9 Å². The molecule has 1 rings (SSSR count). The standard InChI is InChI=1S/C8H11FN2/c1-2-10-7-5-3-4-6-8(7)11-9/h3-6,10-11H,2H2,1H3. The first-order chi connectivity index (χ1) is 5.38. The molecule has 0 aromatic heterocycles. The van der Waals surface area contributed by atoms with Gasteiger partial charge in [0.25, 0.3) is 0 Å². The zero-order valence-electron chi connectivity index (χ0n) is 6.39. The van der Waals surface area contributed by atoms with Gasteiger partial charge in [-0.2, -0.15) is 0 Å². The molecule has 0 spiro atoms. The second kappa shape index (κ2) is 3.81. The van der Waals surface area contributed by atoms with Crippen LogP contribution in [0.25, 0.3) is 0 Å². The van der Waals surface area contributed by atoms with E-state index >= 15 is 0 Å². The van der Waals surface area contributed by atoms with E-state index in [1.165, 1.54) is 0 Å². The Hall–Kier alpha value is -1.25. The summed E-state index contributed by atoms with van der Waals surface area (Å²) in [6.07, 6.45) is 0. The smallest absolute Gasteiger partial charge is 0.0886 e. The van der Waals surface area contributed by atoms with Gasteiger partial charge in [0.05, 0.1) is 11.4 Å². The molecule has 0 amide bonds. The van der Waals surface area contributed by atoms with E-state index in [1.807, 2.05) is 19.1 Å². The molecular formula is C8H11FN2. The van der Waals surface area contributed by atoms with E-state index < -0.39 is 0 Å². The van der Waals surface area contributed by atoms with Gasteiger partial charge >= 0.3 is 0 Å². The molecule has 0 unspecified atom stereocenters. The van der Waals surface area contributed by atoms with Crippen LogP contribution in [-0.2, 0) is 0 Å². The zero-order chi connectivity index (χ0) is 8.10. The number of para-hydroxylation sites is 2. The van der Waals surface area contributed by atoms with E-state index in [1.54, 1.807) is 17.7 Å². The third kappa shape index (κ3) is 1.83. The topological polar surface area (TPSA) is 24.1 Å². The van der Waals surface area contributed by atoms with Crippen molar-refractivity contribution in [1.29, 1.82) is 0 Å². The molecule has 0 saturated heterocycles. The number of rotatable bonds is 3. The predicted molar refractivity (Wildman–Crippen MR) is 45.3 cm³/mol. The van der Waals surface area contributed by atoms with Crippen LogP contribution in [0.1, 0.15) is 6.92 Å². The fourth-order valence-corrected chi connectivity index (χ4v) is 0.910. The average Bonchev–Trinajstić information content (AvgIpc) is 2.06. The second-order valence-corrected chi connectivity index (χ2v) is 2.17. The predicted octanol–water partition coefficient (Wildman–Crippen LogP) is 2.41. The quantitative estimate of drug-likeness (QED) is 0.653. The molecule has 11 heavy (non-hydrogen) atoms. The summed E-state index contributed by atoms with van der Waals surface area (Å²) in [5.74, 6) is 0. The molecule has 3 heteroatoms. The lowest BCUT2D eigenvalue weighted by atomic mass is 10.3. The van der Waals surface area contributed by atoms with Gasteiger partial charge in [-0.15, -0.1) is 4.48 Å². The minimum absolute atomic E-state index is 0.481. The summed E-state index contributed by atoms with van der Waals surface area (Å²) in [4.78, 5) is 0. The van der Waals surface area contributed by atoms with Gasteiger partial charge in [-0.3, -0.25) is 0 Å². The molecule has 0 saturated carbocycles. The fraction of sp³-hybridized carbons (Fsp3) is 0.250. The Morgan fingerprint density at radius 2 is 1.91 bits per heavy atom. The Balaban J connectivity index is 2.83. The van der Waals surface area contributed by atoms with E-state index in [4.69, 9.17) is 0 Å². The van der Waals surface area contributed by atoms with Crippen LogP contribution in [0.15, 0.2) is 24.3 Å². The number of hydrogen-bond donors (Lipinski definition) is 2. The van der Waals surface area contributed by atoms with Gasteiger partial charge < -0.3 is 5.32 Å². The van der Waals surface area contributed by atoms with Crippen molar-refractivity contribution < 1.29 is 4.48 Å². The van der Waals surface area contributed by atoms with Crippen molar-refractivity contribution in [3.63, 3.8) is 0 Å². The molecular weight excluding hydrogens is 143 g/mol. The molecule has 2 N–H and O–H groups in total. The van der Waals surface area contributed by atoms with Crippen molar-refractivity contribution in [3.05, 3.63) is 24.3 Å². The highest BCUT2D eigenvalue weighted by molar-refractivity contribution is 5.67. The molecule has 0 aliphatic rings. The Morgan fingerprint density at radius 1 is 1.27 bits per heavy atom. The van der Waals surface area contributed by atoms with Gasteiger partial charge in [-0.25, -0.2) is 5.54 Å². The van der Waals surface area contributed by atoms with E-state index in [0.29, 0.717) is 5.69 Å². The molecule has 0 heterocycles. The molecule has 0 atom stereocenters. The van der Waals surface area contributed by atoms with Gasteiger partial charge in [-0.1, -0.05) is 12.1 Å². The van der Waals surface area contributed by atoms with Gasteiger partial charge in [-0.05, 0) is 19.1 Å². The molecule has 0 fully saturated rings. The molecule has 0 radical (unpaired) electrons. The Labute approximate surface area is 65.4 Å². The average molecular weight is 154 g/mol. The Morgan fingerprint density at radius 3 is 2.45 bits per heavy atom. The number of nitrogens with one attached hydrogen (secondary N) is 2. The van der Waals surface area contributed by atoms with Crippen LogP contribution >= 0.6 is 0 Å². The fourth-order valence-electron chi connectivity index (χ4n) is 0.910. The van der Waals surface area contributed by atoms with Crippen molar-refractivity contribution in [2.75, 3.05) is 17.4 Å². The van der Waals surface area contributed by atoms with Crippen LogP contribution in [0.5, 0.6) is 0 Å². The lowest BCUT2D eigenvalue weighted by Gasteiger charge is -2.06. The summed E-state index contributed by atoms with van der Waals surface area (Å²) in [6, 6.07) is 7.14. The summed E-state index contributed by atoms with van der Waals surface area (Å²) < 4.78 is 12.0. The zero-order valence-corrected chi connectivity index (χ0v) is 6.39. The maximum atomic E-state index is 12.0. The maximum Gasteiger partial charge on any atom is 0.0886 e. The number of anilines is 2. The van der Waals surface area contributed by atoms with Crippen LogP contribution in [0, 0.1) is 0 Å². The SMILES string of the molecule is CCNc1ccccc1NF. The van der Waals surface area contributed by atoms with Crippen molar-refractivity contribution in [2.45, 2.75) is 6.92 Å². The first-order valence-electron chi connectivity index (χ1n) is 3.58. The van der Waals surface area contributed by atoms with Gasteiger partial charge in [0.15, 0.2) is 0 Å². The summed E-state index contributed by atoms with van der Waals surface area (Å²) in [6.45, 7) is 2.76. The molecule has 0 aliphatic carbocycles. The lowest BCUT2D eigenvalue weighted by molar-refractivity contribution is 0.618. The lowest BCUT2D eigenvalue weighted by Crippen LogP contribution is -1.98. The van der Waals surface area contributed by atoms with Gasteiger partial charge in [0.2, 0.25) is 0 Å². The van der Waals surface area contributed by atoms with Crippen molar-refractivity contribution >= 4 is 11.4 Å². The first-order valence-corrected chi connectivity index (χ1v) is 3.58. The van der Waals surface area contributed by atoms with Gasteiger partial charge in [0.1, 0.15) is 0 Å². The largest absolute Gasteiger partial charge is 0.384 e. The van der Waals surface area contributed by atoms with Crippen LogP contribution in [-0.4, -0.2) is 6.54 Å². The van der Waals surface area contributed by atoms with Crippen LogP contribution < -0.4 is 10.9 Å². The third-order valence-corrected chi connectivity index (χ3v) is 1.40. The molecule has 1 aromatic carbocycles. The minimum atomic E-state index is 0.481. The van der Waals surface area contributed by atoms with Crippen molar-refractivity contribution in [2.24, 2.45) is 0 Å². The monoisotopic (exact) mass is 154 g/mol. The summed E-state index contributed by atoms with van der Waals surface area (Å²) in [5, 5.41) is 3.02. The van der Waals surface area contributed by atoms with E-state index in [2.05, 4.69) is 5.32 Å². The van der Waals surface area contributed by atoms with Crippen LogP contribution in [0.3, 0.4) is 0 Å². The van der Waals surface area contributed by atoms with Crippen molar-refractivity contribution in [3.8, 4) is 0 Å². The summed E-state index contributed by atoms with van der Waals surface area (Å²) in [7, 11) is 0. The van der Waals surface area contributed by atoms with E-state index in [0.717, 1.165) is 12.2 Å². The third-order valence-electron chi connectivity index (χ3n) is 1.40. The first kappa shape index (κ1) is 7.85. The molecule has 0 bridgehead atoms. The normalized spacial score (nSPS) is 9.27. The highest BCUT2D eigenvalue weighted by Gasteiger charge is 1.96. The van der Waals surface area contributed by atoms with Crippen molar-refractivity contribution in [1.82, 2.24) is 0 Å². The molecule has 2 nitrogen and oxygen atoms in total. The summed E-state index contributed by atoms with van der Waals surface area (Å²) >= 11 is 0. The maximum absolute atomic E-state index is 12.0. The van der Waals surface area contributed by atoms with E-state index in [-0.39, 0.29) is 0 Å². The molecule has 60 valence electrons. The molecule has 1 aromatic rings. The highest BCUT2D eigenvalue weighted by atomic mass is 19.2. The van der Waals surface area contributed by atoms with E-state index in [9.17, 15) is 4.48 Å². The highest BCUT2D eigenvalue weighted by Crippen LogP contribution is 2.20. The number of hydrogen-bond acceptors (Lipinski definition) is 2. The minimum Gasteiger partial charge on any atom is -0.384 e. The Kier molecular flexibility index (Phi) is 2.72. The second-order valence-electron chi connectivity index (χ2n) is 2.17. The number of benzene rings is 1.